The molecule has 1 N–H and O–H groups in total. The minimum Gasteiger partial charge on any atom is -0.457 e. The van der Waals surface area contributed by atoms with E-state index in [1.54, 1.807) is 42.5 Å². The molecular formula is C30H28N2O4S. The summed E-state index contributed by atoms with van der Waals surface area (Å²) in [7, 11) is -3.79. The van der Waals surface area contributed by atoms with Gasteiger partial charge in [0.2, 0.25) is 10.0 Å². The van der Waals surface area contributed by atoms with Crippen molar-refractivity contribution in [2.24, 2.45) is 0 Å². The fraction of sp³-hybridized carbons (Fsp3) is 0.167. The number of anilines is 1. The van der Waals surface area contributed by atoms with E-state index in [-0.39, 0.29) is 18.0 Å². The first-order valence-electron chi connectivity index (χ1n) is 12.1. The molecule has 0 saturated carbocycles. The summed E-state index contributed by atoms with van der Waals surface area (Å²) in [5.41, 5.74) is 5.64. The molecule has 0 spiro atoms. The van der Waals surface area contributed by atoms with Crippen molar-refractivity contribution in [3.63, 3.8) is 0 Å². The molecular weight excluding hydrogens is 484 g/mol. The summed E-state index contributed by atoms with van der Waals surface area (Å²) in [6, 6.07) is 29.4. The second kappa shape index (κ2) is 10.2. The largest absolute Gasteiger partial charge is 0.457 e. The number of sulfonamides is 1. The fourth-order valence-corrected chi connectivity index (χ4v) is 6.18. The quantitative estimate of drug-likeness (QED) is 0.322. The Bertz CT molecular complexity index is 1550. The predicted octanol–water partition coefficient (Wildman–Crippen LogP) is 5.98. The van der Waals surface area contributed by atoms with Crippen LogP contribution in [0.3, 0.4) is 0 Å². The maximum absolute atomic E-state index is 13.7. The number of hydrogen-bond donors (Lipinski definition) is 1. The van der Waals surface area contributed by atoms with Crippen LogP contribution in [0.4, 0.5) is 5.69 Å². The van der Waals surface area contributed by atoms with Crippen molar-refractivity contribution >= 4 is 21.7 Å². The van der Waals surface area contributed by atoms with Crippen molar-refractivity contribution in [1.82, 2.24) is 4.31 Å². The number of carbonyl (C=O) groups is 1. The molecule has 0 aliphatic carbocycles. The van der Waals surface area contributed by atoms with Gasteiger partial charge in [0.05, 0.1) is 11.3 Å². The van der Waals surface area contributed by atoms with Crippen LogP contribution < -0.4 is 5.32 Å². The van der Waals surface area contributed by atoms with Gasteiger partial charge in [0.25, 0.3) is 0 Å². The van der Waals surface area contributed by atoms with Crippen molar-refractivity contribution in [2.75, 3.05) is 5.32 Å². The first-order valence-corrected chi connectivity index (χ1v) is 13.5. The Labute approximate surface area is 217 Å². The number of ether oxygens (including phenoxy) is 1. The van der Waals surface area contributed by atoms with Gasteiger partial charge in [-0.05, 0) is 60.4 Å². The van der Waals surface area contributed by atoms with Crippen LogP contribution in [0.2, 0.25) is 0 Å². The van der Waals surface area contributed by atoms with Crippen molar-refractivity contribution in [2.45, 2.75) is 38.1 Å². The average Bonchev–Trinajstić information content (AvgIpc) is 2.90. The topological polar surface area (TPSA) is 75.7 Å². The molecule has 6 nitrogen and oxygen atoms in total. The van der Waals surface area contributed by atoms with Crippen molar-refractivity contribution < 1.29 is 17.9 Å². The van der Waals surface area contributed by atoms with Crippen LogP contribution >= 0.6 is 0 Å². The van der Waals surface area contributed by atoms with Gasteiger partial charge in [-0.1, -0.05) is 78.4 Å². The summed E-state index contributed by atoms with van der Waals surface area (Å²) in [6.07, 6.45) is -0.642. The lowest BCUT2D eigenvalue weighted by Crippen LogP contribution is -2.42. The number of nitrogens with zero attached hydrogens (tertiary/aromatic N) is 1. The van der Waals surface area contributed by atoms with E-state index in [1.807, 2.05) is 68.4 Å². The molecule has 0 fully saturated rings. The van der Waals surface area contributed by atoms with Gasteiger partial charge < -0.3 is 10.1 Å². The highest BCUT2D eigenvalue weighted by Gasteiger charge is 2.39. The number of aryl methyl sites for hydroxylation is 2. The van der Waals surface area contributed by atoms with Crippen LogP contribution in [0.1, 0.15) is 44.3 Å². The summed E-state index contributed by atoms with van der Waals surface area (Å²) >= 11 is 0. The SMILES string of the molecule is Cc1cccc(COC(=O)c2ccc(C3Nc4ccccc4S(=O)(=O)N3Cc3ccccc3C)cc2)c1. The Morgan fingerprint density at radius 3 is 2.38 bits per heavy atom. The molecule has 188 valence electrons. The van der Waals surface area contributed by atoms with Crippen LogP contribution in [0.15, 0.2) is 102 Å². The molecule has 1 aliphatic rings. The molecule has 0 amide bonds. The van der Waals surface area contributed by atoms with E-state index < -0.39 is 22.2 Å². The zero-order valence-corrected chi connectivity index (χ0v) is 21.5. The molecule has 37 heavy (non-hydrogen) atoms. The van der Waals surface area contributed by atoms with Crippen molar-refractivity contribution in [3.05, 3.63) is 130 Å². The lowest BCUT2D eigenvalue weighted by Gasteiger charge is -2.37. The minimum atomic E-state index is -3.79. The third-order valence-electron chi connectivity index (χ3n) is 6.56. The minimum absolute atomic E-state index is 0.186. The molecule has 7 heteroatoms. The maximum Gasteiger partial charge on any atom is 0.338 e. The van der Waals surface area contributed by atoms with Gasteiger partial charge in [0.15, 0.2) is 0 Å². The Morgan fingerprint density at radius 2 is 1.62 bits per heavy atom. The zero-order valence-electron chi connectivity index (χ0n) is 20.7. The Balaban J connectivity index is 1.42. The lowest BCUT2D eigenvalue weighted by atomic mass is 10.1. The molecule has 5 rings (SSSR count). The standard InChI is InChI=1S/C30H28N2O4S/c1-21-8-7-10-23(18-21)20-36-30(33)25-16-14-24(15-17-25)29-31-27-12-5-6-13-28(27)37(34,35)32(29)19-26-11-4-3-9-22(26)2/h3-18,29,31H,19-20H2,1-2H3. The summed E-state index contributed by atoms with van der Waals surface area (Å²) < 4.78 is 34.4. The van der Waals surface area contributed by atoms with Crippen LogP contribution in [0.25, 0.3) is 0 Å². The Kier molecular flexibility index (Phi) is 6.82. The number of benzene rings is 4. The molecule has 0 aromatic heterocycles. The van der Waals surface area contributed by atoms with Crippen LogP contribution in [-0.2, 0) is 27.9 Å². The smallest absolute Gasteiger partial charge is 0.338 e. The number of carbonyl (C=O) groups excluding carboxylic acids is 1. The number of rotatable bonds is 6. The first kappa shape index (κ1) is 24.7. The van der Waals surface area contributed by atoms with Gasteiger partial charge in [0, 0.05) is 6.54 Å². The van der Waals surface area contributed by atoms with Gasteiger partial charge in [-0.25, -0.2) is 13.2 Å². The number of hydrogen-bond acceptors (Lipinski definition) is 5. The van der Waals surface area contributed by atoms with Gasteiger partial charge in [0.1, 0.15) is 17.7 Å². The van der Waals surface area contributed by atoms with Crippen LogP contribution in [-0.4, -0.2) is 18.7 Å². The normalized spacial score (nSPS) is 16.4. The second-order valence-electron chi connectivity index (χ2n) is 9.21. The number of esters is 1. The van der Waals surface area contributed by atoms with Crippen LogP contribution in [0, 0.1) is 13.8 Å². The second-order valence-corrected chi connectivity index (χ2v) is 11.1. The van der Waals surface area contributed by atoms with Crippen LogP contribution in [0.5, 0.6) is 0 Å². The monoisotopic (exact) mass is 512 g/mol. The average molecular weight is 513 g/mol. The molecule has 0 radical (unpaired) electrons. The number of para-hydroxylation sites is 1. The molecule has 1 unspecified atom stereocenters. The van der Waals surface area contributed by atoms with Crippen molar-refractivity contribution in [1.29, 1.82) is 0 Å². The number of nitrogens with one attached hydrogen (secondary N) is 1. The first-order chi connectivity index (χ1) is 17.8. The summed E-state index contributed by atoms with van der Waals surface area (Å²) in [4.78, 5) is 12.9. The van der Waals surface area contributed by atoms with E-state index in [0.29, 0.717) is 11.3 Å². The third-order valence-corrected chi connectivity index (χ3v) is 8.43. The Hall–Kier alpha value is -3.94. The fourth-order valence-electron chi connectivity index (χ4n) is 4.51. The Morgan fingerprint density at radius 1 is 0.892 bits per heavy atom. The van der Waals surface area contributed by atoms with E-state index in [2.05, 4.69) is 5.32 Å². The van der Waals surface area contributed by atoms with Crippen molar-refractivity contribution in [3.8, 4) is 0 Å². The lowest BCUT2D eigenvalue weighted by molar-refractivity contribution is 0.0472. The van der Waals surface area contributed by atoms with Gasteiger partial charge in [-0.3, -0.25) is 0 Å². The molecule has 4 aromatic carbocycles. The van der Waals surface area contributed by atoms with E-state index in [9.17, 15) is 13.2 Å². The summed E-state index contributed by atoms with van der Waals surface area (Å²) in [6.45, 7) is 4.36. The number of fused-ring (bicyclic) bond motifs is 1. The van der Waals surface area contributed by atoms with E-state index in [1.165, 1.54) is 4.31 Å². The molecule has 0 bridgehead atoms. The summed E-state index contributed by atoms with van der Waals surface area (Å²) in [5, 5.41) is 3.39. The van der Waals surface area contributed by atoms with Gasteiger partial charge in [-0.2, -0.15) is 4.31 Å². The molecule has 1 aliphatic heterocycles. The molecule has 1 heterocycles. The molecule has 0 saturated heterocycles. The molecule has 4 aromatic rings. The van der Waals surface area contributed by atoms with E-state index in [0.717, 1.165) is 27.8 Å². The summed E-state index contributed by atoms with van der Waals surface area (Å²) in [5.74, 6) is -0.431. The highest BCUT2D eigenvalue weighted by Crippen LogP contribution is 2.39. The third kappa shape index (κ3) is 5.14. The van der Waals surface area contributed by atoms with Gasteiger partial charge >= 0.3 is 5.97 Å². The molecule has 1 atom stereocenters. The van der Waals surface area contributed by atoms with E-state index in [4.69, 9.17) is 4.74 Å². The highest BCUT2D eigenvalue weighted by atomic mass is 32.2. The predicted molar refractivity (Wildman–Crippen MR) is 143 cm³/mol. The maximum atomic E-state index is 13.7. The van der Waals surface area contributed by atoms with E-state index >= 15 is 0 Å². The highest BCUT2D eigenvalue weighted by molar-refractivity contribution is 7.89. The zero-order chi connectivity index (χ0) is 26.0. The van der Waals surface area contributed by atoms with Gasteiger partial charge in [-0.15, -0.1) is 0 Å².